The van der Waals surface area contributed by atoms with E-state index in [4.69, 9.17) is 9.72 Å². The summed E-state index contributed by atoms with van der Waals surface area (Å²) in [5, 5.41) is 11.8. The molecule has 0 bridgehead atoms. The quantitative estimate of drug-likeness (QED) is 0.574. The summed E-state index contributed by atoms with van der Waals surface area (Å²) in [5.41, 5.74) is 5.41. The lowest BCUT2D eigenvalue weighted by Gasteiger charge is -2.14. The van der Waals surface area contributed by atoms with Crippen LogP contribution in [-0.2, 0) is 0 Å². The minimum absolute atomic E-state index is 0.224. The molecule has 1 amide bonds. The van der Waals surface area contributed by atoms with E-state index in [0.29, 0.717) is 10.7 Å². The number of hydrogen-bond acceptors (Lipinski definition) is 6. The first-order valence-corrected chi connectivity index (χ1v) is 9.16. The Morgan fingerprint density at radius 1 is 1.11 bits per heavy atom. The molecule has 0 saturated carbocycles. The van der Waals surface area contributed by atoms with Gasteiger partial charge in [-0.25, -0.2) is 4.98 Å². The van der Waals surface area contributed by atoms with Crippen molar-refractivity contribution < 1.29 is 9.53 Å². The molecule has 134 valence electrons. The normalized spacial score (nSPS) is 10.7. The average Bonchev–Trinajstić information content (AvgIpc) is 3.20. The first kappa shape index (κ1) is 17.1. The average molecular weight is 376 g/mol. The van der Waals surface area contributed by atoms with Crippen LogP contribution in [0.3, 0.4) is 0 Å². The van der Waals surface area contributed by atoms with Crippen molar-refractivity contribution in [2.24, 2.45) is 0 Å². The Bertz CT molecular complexity index is 1110. The zero-order valence-corrected chi connectivity index (χ0v) is 15.6. The van der Waals surface area contributed by atoms with Gasteiger partial charge in [-0.3, -0.25) is 10.1 Å². The number of anilines is 1. The fourth-order valence-corrected chi connectivity index (χ4v) is 3.46. The number of carbonyl (C=O) groups excluding carboxylic acids is 1. The molecular formula is C20H16N4O2S. The number of para-hydroxylation sites is 1. The summed E-state index contributed by atoms with van der Waals surface area (Å²) >= 11 is 1.28. The molecule has 0 saturated heterocycles. The predicted octanol–water partition coefficient (Wildman–Crippen LogP) is 4.32. The van der Waals surface area contributed by atoms with Gasteiger partial charge >= 0.3 is 0 Å². The third-order valence-electron chi connectivity index (χ3n) is 4.31. The minimum atomic E-state index is -0.224. The summed E-state index contributed by atoms with van der Waals surface area (Å²) in [5.74, 6) is 0.545. The van der Waals surface area contributed by atoms with Gasteiger partial charge in [0.25, 0.3) is 5.91 Å². The molecule has 2 heterocycles. The summed E-state index contributed by atoms with van der Waals surface area (Å²) in [6.07, 6.45) is 0. The summed E-state index contributed by atoms with van der Waals surface area (Å²) in [7, 11) is 1.63. The van der Waals surface area contributed by atoms with E-state index in [1.165, 1.54) is 11.3 Å². The van der Waals surface area contributed by atoms with Gasteiger partial charge in [0.2, 0.25) is 5.13 Å². The summed E-state index contributed by atoms with van der Waals surface area (Å²) in [4.78, 5) is 17.8. The molecule has 0 atom stereocenters. The van der Waals surface area contributed by atoms with Crippen LogP contribution in [0.2, 0.25) is 0 Å². The van der Waals surface area contributed by atoms with Gasteiger partial charge in [-0.05, 0) is 42.8 Å². The van der Waals surface area contributed by atoms with Gasteiger partial charge in [-0.2, -0.15) is 0 Å². The van der Waals surface area contributed by atoms with Gasteiger partial charge in [0, 0.05) is 10.9 Å². The zero-order chi connectivity index (χ0) is 18.8. The van der Waals surface area contributed by atoms with Crippen molar-refractivity contribution in [2.45, 2.75) is 6.92 Å². The van der Waals surface area contributed by atoms with Gasteiger partial charge in [0.05, 0.1) is 23.9 Å². The maximum Gasteiger partial charge on any atom is 0.258 e. The van der Waals surface area contributed by atoms with Crippen LogP contribution in [-0.4, -0.2) is 28.2 Å². The Hall–Kier alpha value is -3.32. The number of benzene rings is 2. The van der Waals surface area contributed by atoms with Crippen LogP contribution >= 0.6 is 11.3 Å². The molecule has 2 aromatic heterocycles. The highest BCUT2D eigenvalue weighted by Crippen LogP contribution is 2.31. The number of rotatable bonds is 4. The molecule has 0 aliphatic rings. The molecule has 0 fully saturated rings. The molecule has 27 heavy (non-hydrogen) atoms. The van der Waals surface area contributed by atoms with E-state index in [-0.39, 0.29) is 5.91 Å². The smallest absolute Gasteiger partial charge is 0.258 e. The number of nitrogens with zero attached hydrogens (tertiary/aromatic N) is 3. The van der Waals surface area contributed by atoms with Crippen molar-refractivity contribution in [3.8, 4) is 17.0 Å². The van der Waals surface area contributed by atoms with Gasteiger partial charge in [0.15, 0.2) is 0 Å². The molecule has 7 heteroatoms. The van der Waals surface area contributed by atoms with E-state index in [1.807, 2.05) is 55.5 Å². The number of ether oxygens (including phenoxy) is 1. The summed E-state index contributed by atoms with van der Waals surface area (Å²) in [6.45, 7) is 1.91. The summed E-state index contributed by atoms with van der Waals surface area (Å²) in [6, 6.07) is 15.3. The Morgan fingerprint density at radius 2 is 1.89 bits per heavy atom. The number of nitrogens with one attached hydrogen (secondary N) is 1. The molecule has 0 aliphatic carbocycles. The number of amides is 1. The second-order valence-electron chi connectivity index (χ2n) is 5.90. The lowest BCUT2D eigenvalue weighted by Crippen LogP contribution is -2.15. The Labute approximate surface area is 159 Å². The van der Waals surface area contributed by atoms with Crippen LogP contribution in [0.4, 0.5) is 5.13 Å². The largest absolute Gasteiger partial charge is 0.497 e. The predicted molar refractivity (Wildman–Crippen MR) is 106 cm³/mol. The standard InChI is InChI=1S/C20H16N4O2S/c1-12-17(19(25)23-20-24-21-11-27-20)15-5-3-4-6-16(15)22-18(12)13-7-9-14(26-2)10-8-13/h3-11H,1-2H3,(H,23,24,25). The number of hydrogen-bond donors (Lipinski definition) is 1. The molecule has 0 radical (unpaired) electrons. The third kappa shape index (κ3) is 3.24. The Morgan fingerprint density at radius 3 is 2.59 bits per heavy atom. The highest BCUT2D eigenvalue weighted by atomic mass is 32.1. The van der Waals surface area contributed by atoms with Gasteiger partial charge in [-0.1, -0.05) is 29.5 Å². The SMILES string of the molecule is COc1ccc(-c2nc3ccccc3c(C(=O)Nc3nncs3)c2C)cc1. The van der Waals surface area contributed by atoms with Crippen molar-refractivity contribution in [2.75, 3.05) is 12.4 Å². The molecule has 4 rings (SSSR count). The van der Waals surface area contributed by atoms with Gasteiger partial charge < -0.3 is 4.74 Å². The lowest BCUT2D eigenvalue weighted by atomic mass is 9.97. The molecule has 0 unspecified atom stereocenters. The van der Waals surface area contributed by atoms with E-state index >= 15 is 0 Å². The molecule has 0 aliphatic heterocycles. The maximum absolute atomic E-state index is 13.0. The lowest BCUT2D eigenvalue weighted by molar-refractivity contribution is 0.102. The van der Waals surface area contributed by atoms with Crippen molar-refractivity contribution in [3.63, 3.8) is 0 Å². The first-order chi connectivity index (χ1) is 13.2. The number of carbonyl (C=O) groups is 1. The van der Waals surface area contributed by atoms with E-state index in [9.17, 15) is 4.79 Å². The fraction of sp³-hybridized carbons (Fsp3) is 0.100. The number of aromatic nitrogens is 3. The van der Waals surface area contributed by atoms with Crippen molar-refractivity contribution in [1.29, 1.82) is 0 Å². The summed E-state index contributed by atoms with van der Waals surface area (Å²) < 4.78 is 5.23. The number of fused-ring (bicyclic) bond motifs is 1. The monoisotopic (exact) mass is 376 g/mol. The highest BCUT2D eigenvalue weighted by Gasteiger charge is 2.19. The second kappa shape index (κ2) is 7.13. The molecular weight excluding hydrogens is 360 g/mol. The number of pyridine rings is 1. The van der Waals surface area contributed by atoms with Crippen molar-refractivity contribution in [3.05, 3.63) is 65.2 Å². The van der Waals surface area contributed by atoms with E-state index in [0.717, 1.165) is 33.5 Å². The van der Waals surface area contributed by atoms with E-state index in [2.05, 4.69) is 15.5 Å². The maximum atomic E-state index is 13.0. The molecule has 1 N–H and O–H groups in total. The van der Waals surface area contributed by atoms with Crippen LogP contribution in [0, 0.1) is 6.92 Å². The van der Waals surface area contributed by atoms with Crippen LogP contribution < -0.4 is 10.1 Å². The van der Waals surface area contributed by atoms with Crippen LogP contribution in [0.25, 0.3) is 22.2 Å². The van der Waals surface area contributed by atoms with Crippen molar-refractivity contribution >= 4 is 33.3 Å². The van der Waals surface area contributed by atoms with Crippen LogP contribution in [0.15, 0.2) is 54.0 Å². The van der Waals surface area contributed by atoms with Crippen LogP contribution in [0.1, 0.15) is 15.9 Å². The fourth-order valence-electron chi connectivity index (χ4n) is 3.02. The highest BCUT2D eigenvalue weighted by molar-refractivity contribution is 7.13. The minimum Gasteiger partial charge on any atom is -0.497 e. The van der Waals surface area contributed by atoms with Crippen LogP contribution in [0.5, 0.6) is 5.75 Å². The third-order valence-corrected chi connectivity index (χ3v) is 4.91. The van der Waals surface area contributed by atoms with Gasteiger partial charge in [-0.15, -0.1) is 10.2 Å². The molecule has 6 nitrogen and oxygen atoms in total. The topological polar surface area (TPSA) is 77.0 Å². The Kier molecular flexibility index (Phi) is 4.52. The van der Waals surface area contributed by atoms with E-state index in [1.54, 1.807) is 12.6 Å². The number of methoxy groups -OCH3 is 1. The molecule has 2 aromatic carbocycles. The molecule has 4 aromatic rings. The zero-order valence-electron chi connectivity index (χ0n) is 14.8. The van der Waals surface area contributed by atoms with E-state index < -0.39 is 0 Å². The first-order valence-electron chi connectivity index (χ1n) is 8.28. The Balaban J connectivity index is 1.88. The second-order valence-corrected chi connectivity index (χ2v) is 6.74. The van der Waals surface area contributed by atoms with Gasteiger partial charge in [0.1, 0.15) is 11.3 Å². The molecule has 0 spiro atoms. The van der Waals surface area contributed by atoms with Crippen molar-refractivity contribution in [1.82, 2.24) is 15.2 Å².